The smallest absolute Gasteiger partial charge is 0.441 e. The molecular weight excluding hydrogens is 436 g/mol. The fourth-order valence-electron chi connectivity index (χ4n) is 1.39. The molecule has 0 radical (unpaired) electrons. The lowest BCUT2D eigenvalue weighted by molar-refractivity contribution is -0.171. The summed E-state index contributed by atoms with van der Waals surface area (Å²) in [5, 5.41) is 0.663. The predicted molar refractivity (Wildman–Crippen MR) is 88.7 cm³/mol. The molecule has 0 aromatic carbocycles. The number of pyridine rings is 1. The Kier molecular flexibility index (Phi) is 6.69. The summed E-state index contributed by atoms with van der Waals surface area (Å²) in [5.41, 5.74) is -0.359. The van der Waals surface area contributed by atoms with Crippen molar-refractivity contribution in [3.8, 4) is 0 Å². The highest BCUT2D eigenvalue weighted by Crippen LogP contribution is 2.19. The van der Waals surface area contributed by atoms with Crippen LogP contribution in [-0.4, -0.2) is 33.6 Å². The van der Waals surface area contributed by atoms with Crippen molar-refractivity contribution in [3.63, 3.8) is 0 Å². The van der Waals surface area contributed by atoms with Gasteiger partial charge in [0.1, 0.15) is 11.3 Å². The van der Waals surface area contributed by atoms with Crippen molar-refractivity contribution in [2.75, 3.05) is 0 Å². The van der Waals surface area contributed by atoms with E-state index in [1.165, 1.54) is 6.07 Å². The maximum atomic E-state index is 12.4. The van der Waals surface area contributed by atoms with Crippen molar-refractivity contribution in [3.05, 3.63) is 28.0 Å². The standard InChI is InChI=1S/C14H16Br2N2O5/c1-8(19)23-18(13(21)22-14(2,3)4)12(20)10-6-5-9(16)11(7-15)17-10/h5-6H,7H2,1-4H3. The summed E-state index contributed by atoms with van der Waals surface area (Å²) >= 11 is 6.53. The number of carbonyl (C=O) groups excluding carboxylic acids is 3. The molecule has 1 aromatic rings. The van der Waals surface area contributed by atoms with Crippen molar-refractivity contribution < 1.29 is 24.0 Å². The summed E-state index contributed by atoms with van der Waals surface area (Å²) in [4.78, 5) is 44.5. The van der Waals surface area contributed by atoms with E-state index < -0.39 is 23.6 Å². The Bertz CT molecular complexity index is 628. The molecule has 0 aliphatic heterocycles. The zero-order valence-electron chi connectivity index (χ0n) is 13.1. The number of alkyl halides is 1. The topological polar surface area (TPSA) is 85.8 Å². The summed E-state index contributed by atoms with van der Waals surface area (Å²) in [7, 11) is 0. The van der Waals surface area contributed by atoms with Crippen molar-refractivity contribution in [1.29, 1.82) is 0 Å². The van der Waals surface area contributed by atoms with E-state index in [4.69, 9.17) is 4.74 Å². The van der Waals surface area contributed by atoms with E-state index in [1.807, 2.05) is 0 Å². The quantitative estimate of drug-likeness (QED) is 0.504. The molecule has 9 heteroatoms. The van der Waals surface area contributed by atoms with E-state index in [-0.39, 0.29) is 10.8 Å². The van der Waals surface area contributed by atoms with Gasteiger partial charge in [0.05, 0.1) is 5.69 Å². The normalized spacial score (nSPS) is 10.9. The van der Waals surface area contributed by atoms with Gasteiger partial charge in [0.2, 0.25) is 0 Å². The van der Waals surface area contributed by atoms with Gasteiger partial charge in [-0.3, -0.25) is 4.79 Å². The molecule has 1 aromatic heterocycles. The van der Waals surface area contributed by atoms with E-state index in [2.05, 4.69) is 41.7 Å². The first-order chi connectivity index (χ1) is 10.5. The van der Waals surface area contributed by atoms with Crippen LogP contribution in [0.25, 0.3) is 0 Å². The number of halogens is 2. The van der Waals surface area contributed by atoms with Crippen LogP contribution < -0.4 is 0 Å². The molecular formula is C14H16Br2N2O5. The second kappa shape index (κ2) is 7.87. The minimum absolute atomic E-state index is 0.0604. The van der Waals surface area contributed by atoms with Gasteiger partial charge in [-0.1, -0.05) is 21.0 Å². The molecule has 7 nitrogen and oxygen atoms in total. The number of imide groups is 1. The largest absolute Gasteiger partial charge is 0.451 e. The number of nitrogens with zero attached hydrogens (tertiary/aromatic N) is 2. The van der Waals surface area contributed by atoms with Crippen LogP contribution in [0.15, 0.2) is 16.6 Å². The Hall–Kier alpha value is -1.48. The molecule has 0 aliphatic carbocycles. The lowest BCUT2D eigenvalue weighted by atomic mass is 10.2. The van der Waals surface area contributed by atoms with Gasteiger partial charge >= 0.3 is 18.0 Å². The summed E-state index contributed by atoms with van der Waals surface area (Å²) in [6, 6.07) is 3.01. The molecule has 0 saturated carbocycles. The average molecular weight is 452 g/mol. The van der Waals surface area contributed by atoms with Gasteiger partial charge in [-0.05, 0) is 48.8 Å². The number of carbonyl (C=O) groups is 3. The second-order valence-corrected chi connectivity index (χ2v) is 6.84. The summed E-state index contributed by atoms with van der Waals surface area (Å²) < 4.78 is 5.76. The van der Waals surface area contributed by atoms with Crippen LogP contribution in [0.5, 0.6) is 0 Å². The molecule has 0 aliphatic rings. The summed E-state index contributed by atoms with van der Waals surface area (Å²) in [5.74, 6) is -1.73. The predicted octanol–water partition coefficient (Wildman–Crippen LogP) is 3.59. The van der Waals surface area contributed by atoms with Crippen LogP contribution in [-0.2, 0) is 19.7 Å². The number of rotatable bonds is 2. The molecule has 126 valence electrons. The van der Waals surface area contributed by atoms with Crippen LogP contribution >= 0.6 is 31.9 Å². The average Bonchev–Trinajstić information content (AvgIpc) is 2.42. The van der Waals surface area contributed by atoms with Crippen molar-refractivity contribution >= 4 is 49.8 Å². The first-order valence-corrected chi connectivity index (χ1v) is 8.44. The third kappa shape index (κ3) is 5.91. The fraction of sp³-hybridized carbons (Fsp3) is 0.429. The molecule has 23 heavy (non-hydrogen) atoms. The van der Waals surface area contributed by atoms with Crippen molar-refractivity contribution in [2.24, 2.45) is 0 Å². The molecule has 0 bridgehead atoms. The Morgan fingerprint density at radius 3 is 2.35 bits per heavy atom. The van der Waals surface area contributed by atoms with Crippen molar-refractivity contribution in [1.82, 2.24) is 10.0 Å². The molecule has 1 heterocycles. The number of hydroxylamine groups is 2. The van der Waals surface area contributed by atoms with Crippen LogP contribution in [0.3, 0.4) is 0 Å². The molecule has 0 unspecified atom stereocenters. The first-order valence-electron chi connectivity index (χ1n) is 6.52. The Morgan fingerprint density at radius 2 is 1.87 bits per heavy atom. The van der Waals surface area contributed by atoms with Crippen LogP contribution in [0.4, 0.5) is 4.79 Å². The Morgan fingerprint density at radius 1 is 1.26 bits per heavy atom. The Labute approximate surface area is 150 Å². The van der Waals surface area contributed by atoms with E-state index in [1.54, 1.807) is 26.8 Å². The van der Waals surface area contributed by atoms with Gasteiger partial charge in [-0.25, -0.2) is 14.6 Å². The van der Waals surface area contributed by atoms with E-state index in [9.17, 15) is 14.4 Å². The highest BCUT2D eigenvalue weighted by atomic mass is 79.9. The lowest BCUT2D eigenvalue weighted by Crippen LogP contribution is -2.42. The minimum Gasteiger partial charge on any atom is -0.441 e. The van der Waals surface area contributed by atoms with Gasteiger partial charge in [-0.2, -0.15) is 0 Å². The summed E-state index contributed by atoms with van der Waals surface area (Å²) in [6.45, 7) is 5.95. The fourth-order valence-corrected chi connectivity index (χ4v) is 2.56. The highest BCUT2D eigenvalue weighted by molar-refractivity contribution is 9.10. The van der Waals surface area contributed by atoms with E-state index >= 15 is 0 Å². The summed E-state index contributed by atoms with van der Waals surface area (Å²) in [6.07, 6.45) is -1.09. The van der Waals surface area contributed by atoms with Crippen LogP contribution in [0, 0.1) is 0 Å². The van der Waals surface area contributed by atoms with Gasteiger partial charge in [0, 0.05) is 16.7 Å². The number of amides is 2. The molecule has 0 spiro atoms. The lowest BCUT2D eigenvalue weighted by Gasteiger charge is -2.24. The van der Waals surface area contributed by atoms with Gasteiger partial charge in [0.15, 0.2) is 0 Å². The van der Waals surface area contributed by atoms with Crippen LogP contribution in [0.1, 0.15) is 43.9 Å². The number of hydrogen-bond donors (Lipinski definition) is 0. The molecule has 0 atom stereocenters. The molecule has 0 fully saturated rings. The second-order valence-electron chi connectivity index (χ2n) is 5.42. The first kappa shape index (κ1) is 19.6. The third-order valence-electron chi connectivity index (χ3n) is 2.23. The minimum atomic E-state index is -1.09. The number of aromatic nitrogens is 1. The monoisotopic (exact) mass is 450 g/mol. The maximum absolute atomic E-state index is 12.4. The third-order valence-corrected chi connectivity index (χ3v) is 3.48. The van der Waals surface area contributed by atoms with E-state index in [0.29, 0.717) is 15.5 Å². The molecule has 0 N–H and O–H groups in total. The highest BCUT2D eigenvalue weighted by Gasteiger charge is 2.32. The van der Waals surface area contributed by atoms with Crippen molar-refractivity contribution in [2.45, 2.75) is 38.6 Å². The van der Waals surface area contributed by atoms with Gasteiger partial charge < -0.3 is 9.57 Å². The zero-order valence-corrected chi connectivity index (χ0v) is 16.2. The molecule has 2 amide bonds. The van der Waals surface area contributed by atoms with Gasteiger partial charge in [-0.15, -0.1) is 0 Å². The number of ether oxygens (including phenoxy) is 1. The molecule has 1 rings (SSSR count). The number of hydrogen-bond acceptors (Lipinski definition) is 6. The SMILES string of the molecule is CC(=O)ON(C(=O)OC(C)(C)C)C(=O)c1ccc(Br)c(CBr)n1. The zero-order chi connectivity index (χ0) is 17.8. The van der Waals surface area contributed by atoms with E-state index in [0.717, 1.165) is 6.92 Å². The Balaban J connectivity index is 3.13. The molecule has 0 saturated heterocycles. The van der Waals surface area contributed by atoms with Crippen LogP contribution in [0.2, 0.25) is 0 Å². The maximum Gasteiger partial charge on any atom is 0.451 e. The van der Waals surface area contributed by atoms with Gasteiger partial charge in [0.25, 0.3) is 0 Å².